The Kier molecular flexibility index (Phi) is 2.28. The molecule has 2 rings (SSSR count). The Bertz CT molecular complexity index is 549. The summed E-state index contributed by atoms with van der Waals surface area (Å²) in [5, 5.41) is 14.7. The van der Waals surface area contributed by atoms with Gasteiger partial charge < -0.3 is 5.73 Å². The molecule has 2 N–H and O–H groups in total. The van der Waals surface area contributed by atoms with Crippen LogP contribution in [-0.2, 0) is 7.05 Å². The van der Waals surface area contributed by atoms with Gasteiger partial charge in [-0.1, -0.05) is 0 Å². The number of aryl methyl sites for hydroxylation is 1. The highest BCUT2D eigenvalue weighted by atomic mass is 16.6. The number of nitro groups is 1. The van der Waals surface area contributed by atoms with E-state index in [0.29, 0.717) is 5.56 Å². The monoisotopic (exact) mass is 219 g/mol. The first-order chi connectivity index (χ1) is 7.58. The summed E-state index contributed by atoms with van der Waals surface area (Å²) in [4.78, 5) is 13.9. The van der Waals surface area contributed by atoms with Crippen molar-refractivity contribution in [2.24, 2.45) is 7.05 Å². The van der Waals surface area contributed by atoms with E-state index in [1.54, 1.807) is 24.1 Å². The van der Waals surface area contributed by atoms with Gasteiger partial charge in [0, 0.05) is 36.6 Å². The van der Waals surface area contributed by atoms with E-state index in [1.807, 2.05) is 0 Å². The largest absolute Gasteiger partial charge is 0.378 e. The van der Waals surface area contributed by atoms with Gasteiger partial charge in [-0.25, -0.2) is 4.98 Å². The molecule has 0 aliphatic rings. The van der Waals surface area contributed by atoms with Gasteiger partial charge in [0.1, 0.15) is 0 Å². The Balaban J connectivity index is 2.51. The van der Waals surface area contributed by atoms with Crippen LogP contribution in [0.25, 0.3) is 11.1 Å². The van der Waals surface area contributed by atoms with E-state index >= 15 is 0 Å². The normalized spacial score (nSPS) is 10.3. The van der Waals surface area contributed by atoms with Crippen molar-refractivity contribution in [3.8, 4) is 11.1 Å². The second-order valence-corrected chi connectivity index (χ2v) is 3.29. The molecule has 0 bridgehead atoms. The predicted octanol–water partition coefficient (Wildman–Crippen LogP) is 0.972. The molecule has 0 radical (unpaired) electrons. The Morgan fingerprint density at radius 3 is 2.75 bits per heavy atom. The summed E-state index contributed by atoms with van der Waals surface area (Å²) in [6, 6.07) is 1.39. The van der Waals surface area contributed by atoms with Crippen molar-refractivity contribution in [1.82, 2.24) is 14.8 Å². The number of aromatic nitrogens is 3. The summed E-state index contributed by atoms with van der Waals surface area (Å²) < 4.78 is 1.61. The van der Waals surface area contributed by atoms with E-state index in [2.05, 4.69) is 10.1 Å². The third kappa shape index (κ3) is 1.70. The van der Waals surface area contributed by atoms with Gasteiger partial charge in [-0.05, 0) is 0 Å². The summed E-state index contributed by atoms with van der Waals surface area (Å²) in [5.74, 6) is -0.0855. The van der Waals surface area contributed by atoms with E-state index in [9.17, 15) is 10.1 Å². The smallest absolute Gasteiger partial charge is 0.311 e. The van der Waals surface area contributed by atoms with E-state index in [-0.39, 0.29) is 11.5 Å². The van der Waals surface area contributed by atoms with Crippen molar-refractivity contribution >= 4 is 11.5 Å². The van der Waals surface area contributed by atoms with Crippen LogP contribution < -0.4 is 5.73 Å². The lowest BCUT2D eigenvalue weighted by molar-refractivity contribution is -0.384. The summed E-state index contributed by atoms with van der Waals surface area (Å²) in [6.45, 7) is 0. The minimum absolute atomic E-state index is 0.0855. The number of anilines is 1. The highest BCUT2D eigenvalue weighted by Gasteiger charge is 2.14. The number of pyridine rings is 1. The van der Waals surface area contributed by atoms with Gasteiger partial charge >= 0.3 is 5.69 Å². The number of nitrogen functional groups attached to an aromatic ring is 1. The summed E-state index contributed by atoms with van der Waals surface area (Å²) in [6.07, 6.45) is 4.84. The first-order valence-corrected chi connectivity index (χ1v) is 4.47. The van der Waals surface area contributed by atoms with Crippen LogP contribution in [0.15, 0.2) is 24.7 Å². The molecule has 7 nitrogen and oxygen atoms in total. The van der Waals surface area contributed by atoms with E-state index in [0.717, 1.165) is 5.56 Å². The van der Waals surface area contributed by atoms with Gasteiger partial charge in [0.25, 0.3) is 0 Å². The molecule has 0 aliphatic heterocycles. The van der Waals surface area contributed by atoms with Crippen molar-refractivity contribution in [3.63, 3.8) is 0 Å². The first kappa shape index (κ1) is 10.1. The van der Waals surface area contributed by atoms with Crippen molar-refractivity contribution in [2.75, 3.05) is 5.73 Å². The maximum absolute atomic E-state index is 10.7. The van der Waals surface area contributed by atoms with Gasteiger partial charge in [-0.15, -0.1) is 0 Å². The van der Waals surface area contributed by atoms with Gasteiger partial charge in [-0.2, -0.15) is 5.10 Å². The molecular formula is C9H9N5O2. The van der Waals surface area contributed by atoms with Crippen LogP contribution in [0.5, 0.6) is 0 Å². The minimum atomic E-state index is -0.553. The molecule has 0 amide bonds. The number of nitrogens with two attached hydrogens (primary N) is 1. The molecule has 82 valence electrons. The molecule has 0 fully saturated rings. The SMILES string of the molecule is Cn1cc(-c2cnc(N)c([N+](=O)[O-])c2)cn1. The van der Waals surface area contributed by atoms with Crippen molar-refractivity contribution < 1.29 is 4.92 Å². The molecule has 0 aromatic carbocycles. The highest BCUT2D eigenvalue weighted by Crippen LogP contribution is 2.25. The second-order valence-electron chi connectivity index (χ2n) is 3.29. The minimum Gasteiger partial charge on any atom is -0.378 e. The molecule has 0 unspecified atom stereocenters. The van der Waals surface area contributed by atoms with E-state index < -0.39 is 4.92 Å². The molecule has 0 saturated heterocycles. The van der Waals surface area contributed by atoms with Crippen LogP contribution in [0.4, 0.5) is 11.5 Å². The third-order valence-electron chi connectivity index (χ3n) is 2.13. The van der Waals surface area contributed by atoms with Crippen LogP contribution in [0.2, 0.25) is 0 Å². The quantitative estimate of drug-likeness (QED) is 0.599. The summed E-state index contributed by atoms with van der Waals surface area (Å²) in [5.41, 5.74) is 6.59. The molecule has 0 saturated carbocycles. The fraction of sp³-hybridized carbons (Fsp3) is 0.111. The van der Waals surface area contributed by atoms with Gasteiger partial charge in [-0.3, -0.25) is 14.8 Å². The first-order valence-electron chi connectivity index (χ1n) is 4.47. The Hall–Kier alpha value is -2.44. The number of nitrogens with zero attached hydrogens (tertiary/aromatic N) is 4. The van der Waals surface area contributed by atoms with Crippen molar-refractivity contribution in [1.29, 1.82) is 0 Å². The Labute approximate surface area is 90.7 Å². The Morgan fingerprint density at radius 1 is 1.44 bits per heavy atom. The fourth-order valence-corrected chi connectivity index (χ4v) is 1.34. The molecule has 2 aromatic rings. The van der Waals surface area contributed by atoms with Gasteiger partial charge in [0.15, 0.2) is 0 Å². The molecule has 0 spiro atoms. The summed E-state index contributed by atoms with van der Waals surface area (Å²) >= 11 is 0. The lowest BCUT2D eigenvalue weighted by Crippen LogP contribution is -1.98. The van der Waals surface area contributed by atoms with Crippen LogP contribution in [0, 0.1) is 10.1 Å². The summed E-state index contributed by atoms with van der Waals surface area (Å²) in [7, 11) is 1.77. The molecule has 2 aromatic heterocycles. The average Bonchev–Trinajstić information content (AvgIpc) is 2.65. The van der Waals surface area contributed by atoms with Gasteiger partial charge in [0.2, 0.25) is 5.82 Å². The van der Waals surface area contributed by atoms with Crippen LogP contribution in [-0.4, -0.2) is 19.7 Å². The van der Waals surface area contributed by atoms with Gasteiger partial charge in [0.05, 0.1) is 11.1 Å². The van der Waals surface area contributed by atoms with E-state index in [4.69, 9.17) is 5.73 Å². The number of hydrogen-bond acceptors (Lipinski definition) is 5. The zero-order chi connectivity index (χ0) is 11.7. The number of hydrogen-bond donors (Lipinski definition) is 1. The molecule has 0 atom stereocenters. The number of rotatable bonds is 2. The molecule has 2 heterocycles. The maximum atomic E-state index is 10.7. The molecule has 0 aliphatic carbocycles. The van der Waals surface area contributed by atoms with E-state index in [1.165, 1.54) is 12.3 Å². The topological polar surface area (TPSA) is 99.9 Å². The fourth-order valence-electron chi connectivity index (χ4n) is 1.34. The zero-order valence-electron chi connectivity index (χ0n) is 8.49. The molecular weight excluding hydrogens is 210 g/mol. The van der Waals surface area contributed by atoms with Crippen molar-refractivity contribution in [2.45, 2.75) is 0 Å². The maximum Gasteiger partial charge on any atom is 0.311 e. The molecule has 7 heteroatoms. The lowest BCUT2D eigenvalue weighted by Gasteiger charge is -1.99. The van der Waals surface area contributed by atoms with Crippen LogP contribution in [0.1, 0.15) is 0 Å². The molecule has 16 heavy (non-hydrogen) atoms. The standard InChI is InChI=1S/C9H9N5O2/c1-13-5-7(4-12-13)6-2-8(14(15)16)9(10)11-3-6/h2-5H,1H3,(H2,10,11). The average molecular weight is 219 g/mol. The third-order valence-corrected chi connectivity index (χ3v) is 2.13. The van der Waals surface area contributed by atoms with Crippen molar-refractivity contribution in [3.05, 3.63) is 34.8 Å². The van der Waals surface area contributed by atoms with Crippen LogP contribution in [0.3, 0.4) is 0 Å². The lowest BCUT2D eigenvalue weighted by atomic mass is 10.1. The predicted molar refractivity (Wildman–Crippen MR) is 57.5 cm³/mol. The zero-order valence-corrected chi connectivity index (χ0v) is 8.49. The second kappa shape index (κ2) is 3.61. The van der Waals surface area contributed by atoms with Crippen LogP contribution >= 0.6 is 0 Å². The Morgan fingerprint density at radius 2 is 2.19 bits per heavy atom. The highest BCUT2D eigenvalue weighted by molar-refractivity contribution is 5.67.